The van der Waals surface area contributed by atoms with Gasteiger partial charge >= 0.3 is 5.97 Å². The molecule has 2 unspecified atom stereocenters. The molecule has 20 heavy (non-hydrogen) atoms. The Bertz CT molecular complexity index is 461. The predicted molar refractivity (Wildman–Crippen MR) is 72.1 cm³/mol. The molecule has 1 heterocycles. The number of hydrogen-bond donors (Lipinski definition) is 1. The molecule has 0 aromatic carbocycles. The lowest BCUT2D eigenvalue weighted by molar-refractivity contribution is -0.146. The number of aliphatic carboxylic acids is 1. The zero-order chi connectivity index (χ0) is 15.3. The molecule has 0 radical (unpaired) electrons. The largest absolute Gasteiger partial charge is 0.480 e. The molecule has 1 rings (SSSR count). The van der Waals surface area contributed by atoms with Gasteiger partial charge in [-0.2, -0.15) is 0 Å². The summed E-state index contributed by atoms with van der Waals surface area (Å²) in [6, 6.07) is -0.526. The maximum Gasteiger partial charge on any atom is 0.323 e. The van der Waals surface area contributed by atoms with Crippen molar-refractivity contribution in [3.63, 3.8) is 0 Å². The van der Waals surface area contributed by atoms with E-state index in [0.29, 0.717) is 12.8 Å². The molecule has 1 aliphatic heterocycles. The Morgan fingerprint density at radius 3 is 2.55 bits per heavy atom. The minimum atomic E-state index is -3.16. The van der Waals surface area contributed by atoms with Crippen LogP contribution in [-0.2, 0) is 24.2 Å². The summed E-state index contributed by atoms with van der Waals surface area (Å²) >= 11 is 0. The Labute approximate surface area is 118 Å². The molecule has 1 amide bonds. The standard InChI is InChI=1S/C12H21NO6S/c1-9(19-2)3-4-11(14)13(7-12(15)16)10-5-6-20(17,18)8-10/h9-10H,3-8H2,1-2H3,(H,15,16). The van der Waals surface area contributed by atoms with Crippen molar-refractivity contribution in [1.29, 1.82) is 0 Å². The van der Waals surface area contributed by atoms with E-state index >= 15 is 0 Å². The summed E-state index contributed by atoms with van der Waals surface area (Å²) in [5, 5.41) is 8.88. The Morgan fingerprint density at radius 1 is 1.45 bits per heavy atom. The van der Waals surface area contributed by atoms with Gasteiger partial charge in [-0.25, -0.2) is 8.42 Å². The van der Waals surface area contributed by atoms with Crippen molar-refractivity contribution >= 4 is 21.7 Å². The third kappa shape index (κ3) is 5.09. The number of carbonyl (C=O) groups is 2. The van der Waals surface area contributed by atoms with E-state index in [2.05, 4.69) is 0 Å². The van der Waals surface area contributed by atoms with Crippen molar-refractivity contribution in [2.45, 2.75) is 38.3 Å². The second kappa shape index (κ2) is 7.03. The van der Waals surface area contributed by atoms with Crippen LogP contribution in [0.4, 0.5) is 0 Å². The van der Waals surface area contributed by atoms with Crippen LogP contribution in [-0.4, -0.2) is 67.6 Å². The highest BCUT2D eigenvalue weighted by Gasteiger charge is 2.35. The molecule has 0 spiro atoms. The molecule has 8 heteroatoms. The molecule has 1 N–H and O–H groups in total. The average molecular weight is 307 g/mol. The molecular formula is C12H21NO6S. The van der Waals surface area contributed by atoms with Crippen LogP contribution in [0, 0.1) is 0 Å². The Morgan fingerprint density at radius 2 is 2.10 bits per heavy atom. The van der Waals surface area contributed by atoms with Crippen LogP contribution in [0.5, 0.6) is 0 Å². The van der Waals surface area contributed by atoms with E-state index < -0.39 is 28.4 Å². The minimum Gasteiger partial charge on any atom is -0.480 e. The highest BCUT2D eigenvalue weighted by molar-refractivity contribution is 7.91. The summed E-state index contributed by atoms with van der Waals surface area (Å²) in [5.74, 6) is -1.61. The third-order valence-corrected chi connectivity index (χ3v) is 5.19. The summed E-state index contributed by atoms with van der Waals surface area (Å²) in [6.07, 6.45) is 0.836. The van der Waals surface area contributed by atoms with E-state index in [1.165, 1.54) is 12.0 Å². The zero-order valence-electron chi connectivity index (χ0n) is 11.7. The second-order valence-corrected chi connectivity index (χ2v) is 7.29. The molecule has 1 fully saturated rings. The van der Waals surface area contributed by atoms with E-state index in [1.807, 2.05) is 6.92 Å². The van der Waals surface area contributed by atoms with Gasteiger partial charge in [-0.15, -0.1) is 0 Å². The van der Waals surface area contributed by atoms with E-state index in [1.54, 1.807) is 0 Å². The summed E-state index contributed by atoms with van der Waals surface area (Å²) in [7, 11) is -1.62. The van der Waals surface area contributed by atoms with Gasteiger partial charge in [-0.1, -0.05) is 0 Å². The number of carboxylic acids is 1. The number of methoxy groups -OCH3 is 1. The number of amides is 1. The van der Waals surface area contributed by atoms with Gasteiger partial charge in [-0.3, -0.25) is 9.59 Å². The van der Waals surface area contributed by atoms with Crippen molar-refractivity contribution in [1.82, 2.24) is 4.90 Å². The predicted octanol–water partition coefficient (Wildman–Crippen LogP) is -0.0982. The van der Waals surface area contributed by atoms with Crippen molar-refractivity contribution in [3.8, 4) is 0 Å². The Balaban J connectivity index is 2.69. The smallest absolute Gasteiger partial charge is 0.323 e. The number of hydrogen-bond acceptors (Lipinski definition) is 5. The first kappa shape index (κ1) is 16.9. The van der Waals surface area contributed by atoms with E-state index in [9.17, 15) is 18.0 Å². The highest BCUT2D eigenvalue weighted by atomic mass is 32.2. The van der Waals surface area contributed by atoms with Crippen molar-refractivity contribution in [2.24, 2.45) is 0 Å². The Kier molecular flexibility index (Phi) is 5.94. The molecule has 7 nitrogen and oxygen atoms in total. The number of ether oxygens (including phenoxy) is 1. The first-order valence-corrected chi connectivity index (χ1v) is 8.32. The fourth-order valence-electron chi connectivity index (χ4n) is 2.18. The number of carbonyl (C=O) groups excluding carboxylic acids is 1. The summed E-state index contributed by atoms with van der Waals surface area (Å²) in [6.45, 7) is 1.36. The van der Waals surface area contributed by atoms with Gasteiger partial charge in [0.25, 0.3) is 0 Å². The molecule has 2 atom stereocenters. The van der Waals surface area contributed by atoms with Crippen molar-refractivity contribution in [2.75, 3.05) is 25.2 Å². The highest BCUT2D eigenvalue weighted by Crippen LogP contribution is 2.19. The quantitative estimate of drug-likeness (QED) is 0.705. The molecule has 1 aliphatic rings. The lowest BCUT2D eigenvalue weighted by Gasteiger charge is -2.27. The summed E-state index contributed by atoms with van der Waals surface area (Å²) < 4.78 is 28.0. The van der Waals surface area contributed by atoms with Crippen LogP contribution in [0.2, 0.25) is 0 Å². The second-order valence-electron chi connectivity index (χ2n) is 5.06. The molecule has 0 aromatic rings. The SMILES string of the molecule is COC(C)CCC(=O)N(CC(=O)O)C1CCS(=O)(=O)C1. The van der Waals surface area contributed by atoms with Gasteiger partial charge in [-0.05, 0) is 19.8 Å². The van der Waals surface area contributed by atoms with Gasteiger partial charge in [0.05, 0.1) is 17.6 Å². The number of nitrogens with zero attached hydrogens (tertiary/aromatic N) is 1. The molecule has 1 saturated heterocycles. The molecule has 0 saturated carbocycles. The monoisotopic (exact) mass is 307 g/mol. The third-order valence-electron chi connectivity index (χ3n) is 3.44. The van der Waals surface area contributed by atoms with Gasteiger partial charge in [0, 0.05) is 19.6 Å². The van der Waals surface area contributed by atoms with Crippen LogP contribution in [0.3, 0.4) is 0 Å². The van der Waals surface area contributed by atoms with Crippen LogP contribution >= 0.6 is 0 Å². The normalized spacial score (nSPS) is 22.4. The topological polar surface area (TPSA) is 101 Å². The van der Waals surface area contributed by atoms with Crippen LogP contribution in [0.15, 0.2) is 0 Å². The lowest BCUT2D eigenvalue weighted by atomic mass is 10.1. The van der Waals surface area contributed by atoms with Crippen LogP contribution in [0.1, 0.15) is 26.2 Å². The molecule has 0 aliphatic carbocycles. The minimum absolute atomic E-state index is 0.00946. The fraction of sp³-hybridized carbons (Fsp3) is 0.833. The van der Waals surface area contributed by atoms with Crippen molar-refractivity contribution in [3.05, 3.63) is 0 Å². The molecule has 116 valence electrons. The van der Waals surface area contributed by atoms with Gasteiger partial charge < -0.3 is 14.7 Å². The number of rotatable bonds is 7. The van der Waals surface area contributed by atoms with E-state index in [-0.39, 0.29) is 29.9 Å². The number of carboxylic acid groups (broad SMARTS) is 1. The van der Waals surface area contributed by atoms with E-state index in [4.69, 9.17) is 9.84 Å². The van der Waals surface area contributed by atoms with Crippen LogP contribution in [0.25, 0.3) is 0 Å². The molecule has 0 aromatic heterocycles. The van der Waals surface area contributed by atoms with Gasteiger partial charge in [0.15, 0.2) is 9.84 Å². The van der Waals surface area contributed by atoms with Gasteiger partial charge in [0.2, 0.25) is 5.91 Å². The van der Waals surface area contributed by atoms with Crippen LogP contribution < -0.4 is 0 Å². The maximum absolute atomic E-state index is 12.1. The zero-order valence-corrected chi connectivity index (χ0v) is 12.6. The van der Waals surface area contributed by atoms with Crippen molar-refractivity contribution < 1.29 is 27.9 Å². The maximum atomic E-state index is 12.1. The summed E-state index contributed by atoms with van der Waals surface area (Å²) in [5.41, 5.74) is 0. The fourth-order valence-corrected chi connectivity index (χ4v) is 3.91. The molecular weight excluding hydrogens is 286 g/mol. The van der Waals surface area contributed by atoms with Gasteiger partial charge in [0.1, 0.15) is 6.54 Å². The molecule has 0 bridgehead atoms. The lowest BCUT2D eigenvalue weighted by Crippen LogP contribution is -2.44. The first-order chi connectivity index (χ1) is 9.25. The van der Waals surface area contributed by atoms with E-state index in [0.717, 1.165) is 0 Å². The number of sulfone groups is 1. The first-order valence-electron chi connectivity index (χ1n) is 6.49. The average Bonchev–Trinajstić information content (AvgIpc) is 2.72. The summed E-state index contributed by atoms with van der Waals surface area (Å²) in [4.78, 5) is 24.1. The Hall–Kier alpha value is -1.15.